The maximum Gasteiger partial charge on any atom is 0.0195 e. The van der Waals surface area contributed by atoms with Crippen LogP contribution in [-0.2, 0) is 0 Å². The third-order valence-electron chi connectivity index (χ3n) is 3.54. The van der Waals surface area contributed by atoms with Crippen LogP contribution in [0.1, 0.15) is 26.7 Å². The van der Waals surface area contributed by atoms with E-state index in [0.29, 0.717) is 17.9 Å². The highest BCUT2D eigenvalue weighted by Gasteiger charge is 2.18. The van der Waals surface area contributed by atoms with Crippen LogP contribution >= 0.6 is 0 Å². The van der Waals surface area contributed by atoms with Crippen molar-refractivity contribution >= 4 is 0 Å². The fraction of sp³-hybridized carbons (Fsp3) is 1.00. The van der Waals surface area contributed by atoms with Crippen molar-refractivity contribution in [3.63, 3.8) is 0 Å². The van der Waals surface area contributed by atoms with Gasteiger partial charge in [-0.15, -0.1) is 0 Å². The maximum atomic E-state index is 5.77. The minimum atomic E-state index is 0.622. The number of likely N-dealkylation sites (tertiary alicyclic amines) is 1. The molecule has 1 rings (SSSR count). The van der Waals surface area contributed by atoms with Crippen molar-refractivity contribution in [3.8, 4) is 0 Å². The van der Waals surface area contributed by atoms with E-state index in [1.165, 1.54) is 25.9 Å². The first-order valence-electron chi connectivity index (χ1n) is 6.25. The normalized spacial score (nSPS) is 25.8. The lowest BCUT2D eigenvalue weighted by Gasteiger charge is -2.32. The topological polar surface area (TPSA) is 41.3 Å². The van der Waals surface area contributed by atoms with E-state index in [1.54, 1.807) is 0 Å². The number of nitrogens with zero attached hydrogens (tertiary/aromatic N) is 1. The van der Waals surface area contributed by atoms with Crippen LogP contribution in [0.15, 0.2) is 0 Å². The van der Waals surface area contributed by atoms with E-state index in [2.05, 4.69) is 31.1 Å². The first-order chi connectivity index (χ1) is 7.13. The van der Waals surface area contributed by atoms with Crippen LogP contribution in [0.4, 0.5) is 0 Å². The zero-order valence-electron chi connectivity index (χ0n) is 10.5. The van der Waals surface area contributed by atoms with Crippen molar-refractivity contribution in [2.45, 2.75) is 32.7 Å². The molecule has 0 aliphatic carbocycles. The summed E-state index contributed by atoms with van der Waals surface area (Å²) in [6.07, 6.45) is 2.64. The van der Waals surface area contributed by atoms with Gasteiger partial charge < -0.3 is 16.0 Å². The lowest BCUT2D eigenvalue weighted by molar-refractivity contribution is 0.217. The Morgan fingerprint density at radius 3 is 2.73 bits per heavy atom. The molecule has 2 unspecified atom stereocenters. The van der Waals surface area contributed by atoms with Crippen LogP contribution in [0, 0.1) is 11.8 Å². The standard InChI is InChI=1S/C12H27N3/c1-10(2)11(7-13)8-14-12-5-4-6-15(3)9-12/h10-12,14H,4-9,13H2,1-3H3. The number of likely N-dealkylation sites (N-methyl/N-ethyl adjacent to an activating group) is 1. The molecule has 0 amide bonds. The monoisotopic (exact) mass is 213 g/mol. The molecule has 2 atom stereocenters. The Morgan fingerprint density at radius 1 is 1.47 bits per heavy atom. The number of nitrogens with one attached hydrogen (secondary N) is 1. The number of piperidine rings is 1. The van der Waals surface area contributed by atoms with E-state index >= 15 is 0 Å². The molecule has 0 aromatic carbocycles. The maximum absolute atomic E-state index is 5.77. The minimum absolute atomic E-state index is 0.622. The summed E-state index contributed by atoms with van der Waals surface area (Å²) in [4.78, 5) is 2.41. The van der Waals surface area contributed by atoms with Gasteiger partial charge in [-0.25, -0.2) is 0 Å². The molecule has 0 bridgehead atoms. The van der Waals surface area contributed by atoms with Crippen LogP contribution in [0.25, 0.3) is 0 Å². The van der Waals surface area contributed by atoms with Gasteiger partial charge in [0.15, 0.2) is 0 Å². The summed E-state index contributed by atoms with van der Waals surface area (Å²) in [5, 5.41) is 3.66. The average molecular weight is 213 g/mol. The van der Waals surface area contributed by atoms with Crippen LogP contribution in [0.3, 0.4) is 0 Å². The Labute approximate surface area is 94.4 Å². The Morgan fingerprint density at radius 2 is 2.20 bits per heavy atom. The highest BCUT2D eigenvalue weighted by Crippen LogP contribution is 2.11. The summed E-state index contributed by atoms with van der Waals surface area (Å²) in [6.45, 7) is 8.83. The molecule has 0 radical (unpaired) electrons. The molecule has 1 aliphatic heterocycles. The third-order valence-corrected chi connectivity index (χ3v) is 3.54. The summed E-state index contributed by atoms with van der Waals surface area (Å²) in [5.74, 6) is 1.31. The Bertz CT molecular complexity index is 170. The first kappa shape index (κ1) is 12.9. The second kappa shape index (κ2) is 6.46. The summed E-state index contributed by atoms with van der Waals surface area (Å²) >= 11 is 0. The van der Waals surface area contributed by atoms with Gasteiger partial charge in [-0.1, -0.05) is 13.8 Å². The molecule has 0 spiro atoms. The Kier molecular flexibility index (Phi) is 5.58. The molecule has 3 nitrogen and oxygen atoms in total. The van der Waals surface area contributed by atoms with Gasteiger partial charge in [-0.05, 0) is 51.4 Å². The van der Waals surface area contributed by atoms with Crippen LogP contribution in [0.5, 0.6) is 0 Å². The largest absolute Gasteiger partial charge is 0.330 e. The fourth-order valence-electron chi connectivity index (χ4n) is 2.24. The minimum Gasteiger partial charge on any atom is -0.330 e. The van der Waals surface area contributed by atoms with Crippen molar-refractivity contribution in [2.24, 2.45) is 17.6 Å². The van der Waals surface area contributed by atoms with E-state index in [9.17, 15) is 0 Å². The molecule has 0 saturated carbocycles. The van der Waals surface area contributed by atoms with Gasteiger partial charge in [0.2, 0.25) is 0 Å². The van der Waals surface area contributed by atoms with Crippen molar-refractivity contribution in [2.75, 3.05) is 33.2 Å². The van der Waals surface area contributed by atoms with Gasteiger partial charge in [-0.2, -0.15) is 0 Å². The predicted octanol–water partition coefficient (Wildman–Crippen LogP) is 0.901. The van der Waals surface area contributed by atoms with Gasteiger partial charge in [-0.3, -0.25) is 0 Å². The molecule has 1 fully saturated rings. The molecule has 90 valence electrons. The lowest BCUT2D eigenvalue weighted by atomic mass is 9.95. The van der Waals surface area contributed by atoms with Gasteiger partial charge in [0.05, 0.1) is 0 Å². The highest BCUT2D eigenvalue weighted by molar-refractivity contribution is 4.78. The molecule has 15 heavy (non-hydrogen) atoms. The summed E-state index contributed by atoms with van der Waals surface area (Å²) < 4.78 is 0. The van der Waals surface area contributed by atoms with E-state index in [4.69, 9.17) is 5.73 Å². The molecule has 0 aromatic rings. The predicted molar refractivity (Wildman–Crippen MR) is 65.9 cm³/mol. The van der Waals surface area contributed by atoms with Crippen molar-refractivity contribution in [3.05, 3.63) is 0 Å². The molecule has 0 aromatic heterocycles. The van der Waals surface area contributed by atoms with Gasteiger partial charge in [0.25, 0.3) is 0 Å². The van der Waals surface area contributed by atoms with E-state index < -0.39 is 0 Å². The van der Waals surface area contributed by atoms with Gasteiger partial charge in [0.1, 0.15) is 0 Å². The zero-order valence-corrected chi connectivity index (χ0v) is 10.5. The molecule has 1 aliphatic rings. The fourth-order valence-corrected chi connectivity index (χ4v) is 2.24. The number of nitrogens with two attached hydrogens (primary N) is 1. The smallest absolute Gasteiger partial charge is 0.0195 e. The summed E-state index contributed by atoms with van der Waals surface area (Å²) in [5.41, 5.74) is 5.77. The van der Waals surface area contributed by atoms with Crippen LogP contribution in [-0.4, -0.2) is 44.2 Å². The second-order valence-corrected chi connectivity index (χ2v) is 5.25. The summed E-state index contributed by atoms with van der Waals surface area (Å²) in [6, 6.07) is 0.677. The number of rotatable bonds is 5. The van der Waals surface area contributed by atoms with Gasteiger partial charge in [0, 0.05) is 12.6 Å². The first-order valence-corrected chi connectivity index (χ1v) is 6.25. The SMILES string of the molecule is CC(C)C(CN)CNC1CCCN(C)C1. The molecular formula is C12H27N3. The van der Waals surface area contributed by atoms with E-state index in [1.807, 2.05) is 0 Å². The number of hydrogen-bond donors (Lipinski definition) is 2. The molecule has 1 saturated heterocycles. The summed E-state index contributed by atoms with van der Waals surface area (Å²) in [7, 11) is 2.21. The van der Waals surface area contributed by atoms with Crippen LogP contribution < -0.4 is 11.1 Å². The Balaban J connectivity index is 2.23. The highest BCUT2D eigenvalue weighted by atomic mass is 15.1. The lowest BCUT2D eigenvalue weighted by Crippen LogP contribution is -2.46. The molecule has 3 heteroatoms. The third kappa shape index (κ3) is 4.49. The van der Waals surface area contributed by atoms with E-state index in [-0.39, 0.29) is 0 Å². The molecule has 3 N–H and O–H groups in total. The average Bonchev–Trinajstić information content (AvgIpc) is 2.18. The quantitative estimate of drug-likeness (QED) is 0.713. The van der Waals surface area contributed by atoms with Crippen molar-refractivity contribution in [1.82, 2.24) is 10.2 Å². The molecule has 1 heterocycles. The number of hydrogen-bond acceptors (Lipinski definition) is 3. The van der Waals surface area contributed by atoms with Crippen LogP contribution in [0.2, 0.25) is 0 Å². The molecular weight excluding hydrogens is 186 g/mol. The Hall–Kier alpha value is -0.120. The van der Waals surface area contributed by atoms with Crippen molar-refractivity contribution < 1.29 is 0 Å². The van der Waals surface area contributed by atoms with E-state index in [0.717, 1.165) is 13.1 Å². The zero-order chi connectivity index (χ0) is 11.3. The van der Waals surface area contributed by atoms with Crippen molar-refractivity contribution in [1.29, 1.82) is 0 Å². The van der Waals surface area contributed by atoms with Gasteiger partial charge >= 0.3 is 0 Å². The second-order valence-electron chi connectivity index (χ2n) is 5.25.